The standard InChI is InChI=1S/C6H12O7.2C6H10O6/c7-1-2(8)3(9)4(10)5(11)6(12)13;7-1-2(8)5-3(9)4(10)6(11)12-5;7-1-2-3(8)4(9)5(10)6(11)12-2/h2-5,7-11H,1H2,(H,12,13);2*2-5,7-10H,1H2/t2-,3-,4+,5-;2-,3-,4-,5-;2-,3-,4+,5-/m111/s1. The first kappa shape index (κ1) is 34.9. The molecule has 0 aromatic rings. The van der Waals surface area contributed by atoms with Gasteiger partial charge in [-0.3, -0.25) is 0 Å². The first-order valence-corrected chi connectivity index (χ1v) is 10.3. The minimum Gasteiger partial charge on any atom is -0.479 e. The Morgan fingerprint density at radius 2 is 1.22 bits per heavy atom. The smallest absolute Gasteiger partial charge is 0.338 e. The summed E-state index contributed by atoms with van der Waals surface area (Å²) in [6, 6.07) is 0. The molecule has 37 heavy (non-hydrogen) atoms. The largest absolute Gasteiger partial charge is 0.479 e. The normalized spacial score (nSPS) is 33.3. The van der Waals surface area contributed by atoms with E-state index in [9.17, 15) is 14.4 Å². The van der Waals surface area contributed by atoms with Crippen LogP contribution < -0.4 is 0 Å². The maximum absolute atomic E-state index is 10.7. The van der Waals surface area contributed by atoms with Gasteiger partial charge in [-0.05, 0) is 0 Å². The lowest BCUT2D eigenvalue weighted by atomic mass is 10.0. The first-order chi connectivity index (χ1) is 17.1. The third kappa shape index (κ3) is 9.61. The molecule has 14 N–H and O–H groups in total. The van der Waals surface area contributed by atoms with Crippen LogP contribution in [-0.2, 0) is 23.9 Å². The van der Waals surface area contributed by atoms with Crippen LogP contribution in [0.25, 0.3) is 0 Å². The van der Waals surface area contributed by atoms with Crippen molar-refractivity contribution in [2.75, 3.05) is 19.8 Å². The average molecular weight is 552 g/mol. The molecule has 19 nitrogen and oxygen atoms in total. The second-order valence-corrected chi connectivity index (χ2v) is 7.68. The quantitative estimate of drug-likeness (QED) is 0.124. The molecule has 0 radical (unpaired) electrons. The summed E-state index contributed by atoms with van der Waals surface area (Å²) in [5.74, 6) is -3.75. The molecule has 0 saturated carbocycles. The van der Waals surface area contributed by atoms with E-state index in [1.165, 1.54) is 0 Å². The van der Waals surface area contributed by atoms with Crippen molar-refractivity contribution in [2.24, 2.45) is 0 Å². The van der Waals surface area contributed by atoms with E-state index in [-0.39, 0.29) is 0 Å². The summed E-state index contributed by atoms with van der Waals surface area (Å²) in [6.45, 7) is -2.07. The first-order valence-electron chi connectivity index (χ1n) is 10.3. The van der Waals surface area contributed by atoms with Crippen LogP contribution in [-0.4, -0.2) is 182 Å². The van der Waals surface area contributed by atoms with Crippen molar-refractivity contribution < 1.29 is 95.3 Å². The summed E-state index contributed by atoms with van der Waals surface area (Å²) < 4.78 is 8.77. The Labute approximate surface area is 207 Å². The van der Waals surface area contributed by atoms with Crippen LogP contribution in [0.3, 0.4) is 0 Å². The van der Waals surface area contributed by atoms with Gasteiger partial charge in [0.1, 0.15) is 42.7 Å². The number of carboxylic acid groups (broad SMARTS) is 1. The lowest BCUT2D eigenvalue weighted by molar-refractivity contribution is -0.206. The van der Waals surface area contributed by atoms with Gasteiger partial charge in [-0.25, -0.2) is 14.4 Å². The fourth-order valence-electron chi connectivity index (χ4n) is 2.65. The van der Waals surface area contributed by atoms with E-state index < -0.39 is 111 Å². The zero-order chi connectivity index (χ0) is 29.2. The summed E-state index contributed by atoms with van der Waals surface area (Å²) in [7, 11) is 0. The van der Waals surface area contributed by atoms with Gasteiger partial charge >= 0.3 is 17.9 Å². The van der Waals surface area contributed by atoms with E-state index in [0.717, 1.165) is 0 Å². The van der Waals surface area contributed by atoms with Crippen LogP contribution in [0, 0.1) is 0 Å². The highest BCUT2D eigenvalue weighted by molar-refractivity contribution is 5.78. The predicted octanol–water partition coefficient (Wildman–Crippen LogP) is -9.52. The van der Waals surface area contributed by atoms with E-state index in [4.69, 9.17) is 71.5 Å². The van der Waals surface area contributed by atoms with E-state index in [0.29, 0.717) is 0 Å². The molecule has 0 bridgehead atoms. The number of hydrogen-bond acceptors (Lipinski definition) is 18. The van der Waals surface area contributed by atoms with Crippen LogP contribution in [0.2, 0.25) is 0 Å². The Balaban J connectivity index is 0.000000526. The number of ether oxygens (including phenoxy) is 2. The lowest BCUT2D eigenvalue weighted by Crippen LogP contribution is -2.56. The molecule has 0 unspecified atom stereocenters. The van der Waals surface area contributed by atoms with Gasteiger partial charge in [0.15, 0.2) is 30.5 Å². The predicted molar refractivity (Wildman–Crippen MR) is 109 cm³/mol. The minimum atomic E-state index is -2.20. The van der Waals surface area contributed by atoms with Gasteiger partial charge in [0.25, 0.3) is 0 Å². The second kappa shape index (κ2) is 16.0. The number of aliphatic hydroxyl groups is 13. The van der Waals surface area contributed by atoms with Gasteiger partial charge in [-0.15, -0.1) is 0 Å². The minimum absolute atomic E-state index is 0.587. The molecule has 2 aliphatic rings. The number of aliphatic carboxylic acids is 1. The maximum atomic E-state index is 10.7. The van der Waals surface area contributed by atoms with Crippen molar-refractivity contribution in [3.8, 4) is 0 Å². The Bertz CT molecular complexity index is 717. The fourth-order valence-corrected chi connectivity index (χ4v) is 2.65. The van der Waals surface area contributed by atoms with Crippen LogP contribution in [0.4, 0.5) is 0 Å². The van der Waals surface area contributed by atoms with Crippen molar-refractivity contribution in [1.29, 1.82) is 0 Å². The van der Waals surface area contributed by atoms with E-state index >= 15 is 0 Å². The number of esters is 2. The van der Waals surface area contributed by atoms with Gasteiger partial charge in [0.05, 0.1) is 19.8 Å². The van der Waals surface area contributed by atoms with Crippen molar-refractivity contribution in [2.45, 2.75) is 73.2 Å². The van der Waals surface area contributed by atoms with Crippen LogP contribution in [0.5, 0.6) is 0 Å². The molecule has 0 spiro atoms. The van der Waals surface area contributed by atoms with Gasteiger partial charge < -0.3 is 81.0 Å². The Morgan fingerprint density at radius 3 is 1.59 bits per heavy atom. The number of rotatable bonds is 8. The van der Waals surface area contributed by atoms with Crippen molar-refractivity contribution in [1.82, 2.24) is 0 Å². The number of aliphatic hydroxyl groups excluding tert-OH is 13. The highest BCUT2D eigenvalue weighted by atomic mass is 16.6. The molecule has 0 aromatic carbocycles. The number of carbonyl (C=O) groups excluding carboxylic acids is 2. The molecule has 2 fully saturated rings. The molecule has 0 aliphatic carbocycles. The zero-order valence-electron chi connectivity index (χ0n) is 18.9. The Kier molecular flexibility index (Phi) is 15.1. The SMILES string of the molecule is O=C(O)[C@H](O)[C@@H](O)[C@H](O)[C@H](O)CO.O=C1O[C@H](CO)[C@@H](O)[C@H](O)[C@H]1O.O=C1O[C@H]([C@H](O)CO)[C@H](O)[C@H]1O. The molecule has 2 saturated heterocycles. The molecular weight excluding hydrogens is 520 g/mol. The monoisotopic (exact) mass is 552 g/mol. The van der Waals surface area contributed by atoms with Crippen molar-refractivity contribution in [3.05, 3.63) is 0 Å². The molecule has 218 valence electrons. The zero-order valence-corrected chi connectivity index (χ0v) is 18.9. The van der Waals surface area contributed by atoms with Crippen LogP contribution in [0.1, 0.15) is 0 Å². The summed E-state index contributed by atoms with van der Waals surface area (Å²) >= 11 is 0. The molecule has 2 aliphatic heterocycles. The highest BCUT2D eigenvalue weighted by Gasteiger charge is 2.46. The fraction of sp³-hybridized carbons (Fsp3) is 0.833. The Morgan fingerprint density at radius 1 is 0.730 bits per heavy atom. The van der Waals surface area contributed by atoms with Gasteiger partial charge in [-0.1, -0.05) is 0 Å². The second-order valence-electron chi connectivity index (χ2n) is 7.68. The molecule has 0 amide bonds. The average Bonchev–Trinajstić information content (AvgIpc) is 3.14. The van der Waals surface area contributed by atoms with Crippen LogP contribution in [0.15, 0.2) is 0 Å². The van der Waals surface area contributed by atoms with Crippen molar-refractivity contribution >= 4 is 17.9 Å². The topological polar surface area (TPSA) is 353 Å². The Hall–Kier alpha value is -2.11. The number of cyclic esters (lactones) is 2. The van der Waals surface area contributed by atoms with E-state index in [1.807, 2.05) is 0 Å². The van der Waals surface area contributed by atoms with Gasteiger partial charge in [-0.2, -0.15) is 0 Å². The summed E-state index contributed by atoms with van der Waals surface area (Å²) in [4.78, 5) is 31.3. The maximum Gasteiger partial charge on any atom is 0.338 e. The molecule has 0 aromatic heterocycles. The number of carboxylic acids is 1. The third-order valence-electron chi connectivity index (χ3n) is 4.97. The molecule has 19 heteroatoms. The lowest BCUT2D eigenvalue weighted by Gasteiger charge is -2.32. The summed E-state index contributed by atoms with van der Waals surface area (Å²) in [5, 5.41) is 123. The number of carbonyl (C=O) groups is 3. The van der Waals surface area contributed by atoms with Crippen LogP contribution >= 0.6 is 0 Å². The van der Waals surface area contributed by atoms with E-state index in [1.54, 1.807) is 0 Å². The number of hydrogen-bond donors (Lipinski definition) is 14. The van der Waals surface area contributed by atoms with Gasteiger partial charge in [0, 0.05) is 0 Å². The third-order valence-corrected chi connectivity index (χ3v) is 4.97. The molecule has 2 heterocycles. The summed E-state index contributed by atoms with van der Waals surface area (Å²) in [5.41, 5.74) is 0. The highest BCUT2D eigenvalue weighted by Crippen LogP contribution is 2.18. The summed E-state index contributed by atoms with van der Waals surface area (Å²) in [6.07, 6.45) is -19.5. The van der Waals surface area contributed by atoms with E-state index in [2.05, 4.69) is 9.47 Å². The molecule has 2 rings (SSSR count). The molecule has 12 atom stereocenters. The molecular formula is C18H32O19. The van der Waals surface area contributed by atoms with Gasteiger partial charge in [0.2, 0.25) is 0 Å². The van der Waals surface area contributed by atoms with Crippen molar-refractivity contribution in [3.63, 3.8) is 0 Å².